The van der Waals surface area contributed by atoms with Gasteiger partial charge in [-0.3, -0.25) is 9.59 Å². The summed E-state index contributed by atoms with van der Waals surface area (Å²) in [7, 11) is 0. The van der Waals surface area contributed by atoms with Crippen LogP contribution >= 0.6 is 22.6 Å². The van der Waals surface area contributed by atoms with E-state index in [0.717, 1.165) is 0 Å². The Labute approximate surface area is 128 Å². The van der Waals surface area contributed by atoms with Crippen LogP contribution in [0.15, 0.2) is 36.4 Å². The topological polar surface area (TPSA) is 86.2 Å². The molecule has 0 aliphatic heterocycles. The summed E-state index contributed by atoms with van der Waals surface area (Å²) < 4.78 is 14.1. The molecular formula is C14H10FIN2O2. The molecule has 0 aliphatic rings. The number of hydrogen-bond acceptors (Lipinski definition) is 2. The molecule has 2 aromatic carbocycles. The Balaban J connectivity index is 2.86. The fourth-order valence-electron chi connectivity index (χ4n) is 1.94. The molecule has 0 aliphatic carbocycles. The predicted molar refractivity (Wildman–Crippen MR) is 81.6 cm³/mol. The van der Waals surface area contributed by atoms with E-state index in [1.54, 1.807) is 6.07 Å². The number of carbonyl (C=O) groups is 2. The lowest BCUT2D eigenvalue weighted by Gasteiger charge is -2.13. The summed E-state index contributed by atoms with van der Waals surface area (Å²) in [5.41, 5.74) is 11.6. The van der Waals surface area contributed by atoms with Crippen molar-refractivity contribution in [2.75, 3.05) is 0 Å². The van der Waals surface area contributed by atoms with Gasteiger partial charge in [0.15, 0.2) is 0 Å². The van der Waals surface area contributed by atoms with E-state index < -0.39 is 17.6 Å². The van der Waals surface area contributed by atoms with Crippen LogP contribution in [0.25, 0.3) is 11.1 Å². The van der Waals surface area contributed by atoms with Crippen LogP contribution in [0.2, 0.25) is 0 Å². The SMILES string of the molecule is NC(=O)c1cccc(C(N)=O)c1-c1cc(F)ccc1I. The van der Waals surface area contributed by atoms with Gasteiger partial charge in [-0.05, 0) is 58.5 Å². The van der Waals surface area contributed by atoms with E-state index >= 15 is 0 Å². The maximum Gasteiger partial charge on any atom is 0.249 e. The highest BCUT2D eigenvalue weighted by atomic mass is 127. The maximum absolute atomic E-state index is 13.5. The summed E-state index contributed by atoms with van der Waals surface area (Å²) in [5.74, 6) is -1.89. The van der Waals surface area contributed by atoms with Crippen LogP contribution < -0.4 is 11.5 Å². The lowest BCUT2D eigenvalue weighted by atomic mass is 9.93. The molecule has 2 aromatic rings. The molecule has 0 heterocycles. The fourth-order valence-corrected chi connectivity index (χ4v) is 2.55. The molecule has 6 heteroatoms. The van der Waals surface area contributed by atoms with Crippen LogP contribution in [0.4, 0.5) is 4.39 Å². The average molecular weight is 384 g/mol. The molecule has 2 amide bonds. The number of amides is 2. The Morgan fingerprint density at radius 2 is 1.55 bits per heavy atom. The third kappa shape index (κ3) is 2.64. The predicted octanol–water partition coefficient (Wildman–Crippen LogP) is 2.30. The molecule has 0 aromatic heterocycles. The van der Waals surface area contributed by atoms with Crippen molar-refractivity contribution in [1.82, 2.24) is 0 Å². The number of nitrogens with two attached hydrogens (primary N) is 2. The molecular weight excluding hydrogens is 374 g/mol. The van der Waals surface area contributed by atoms with E-state index in [0.29, 0.717) is 9.13 Å². The minimum Gasteiger partial charge on any atom is -0.366 e. The van der Waals surface area contributed by atoms with Crippen molar-refractivity contribution in [3.63, 3.8) is 0 Å². The van der Waals surface area contributed by atoms with Gasteiger partial charge in [0.2, 0.25) is 11.8 Å². The van der Waals surface area contributed by atoms with Crippen molar-refractivity contribution in [1.29, 1.82) is 0 Å². The van der Waals surface area contributed by atoms with Gasteiger partial charge in [0.25, 0.3) is 0 Å². The normalized spacial score (nSPS) is 10.3. The van der Waals surface area contributed by atoms with Gasteiger partial charge in [0, 0.05) is 20.3 Å². The van der Waals surface area contributed by atoms with E-state index in [9.17, 15) is 14.0 Å². The zero-order chi connectivity index (χ0) is 14.9. The van der Waals surface area contributed by atoms with Crippen molar-refractivity contribution in [3.05, 3.63) is 56.9 Å². The summed E-state index contributed by atoms with van der Waals surface area (Å²) in [5, 5.41) is 0. The molecule has 0 radical (unpaired) electrons. The number of halogens is 2. The fraction of sp³-hybridized carbons (Fsp3) is 0. The molecule has 0 saturated carbocycles. The van der Waals surface area contributed by atoms with Crippen LogP contribution in [0.5, 0.6) is 0 Å². The molecule has 0 atom stereocenters. The van der Waals surface area contributed by atoms with Crippen molar-refractivity contribution < 1.29 is 14.0 Å². The second-order valence-corrected chi connectivity index (χ2v) is 5.24. The van der Waals surface area contributed by atoms with Crippen LogP contribution in [-0.2, 0) is 0 Å². The van der Waals surface area contributed by atoms with Gasteiger partial charge in [-0.25, -0.2) is 4.39 Å². The molecule has 0 unspecified atom stereocenters. The van der Waals surface area contributed by atoms with E-state index in [2.05, 4.69) is 0 Å². The highest BCUT2D eigenvalue weighted by Crippen LogP contribution is 2.32. The molecule has 0 saturated heterocycles. The first-order chi connectivity index (χ1) is 9.41. The van der Waals surface area contributed by atoms with Crippen LogP contribution in [0.3, 0.4) is 0 Å². The highest BCUT2D eigenvalue weighted by Gasteiger charge is 2.19. The number of primary amides is 2. The average Bonchev–Trinajstić information content (AvgIpc) is 2.40. The standard InChI is InChI=1S/C14H10FIN2O2/c15-7-4-5-11(16)10(6-7)12-8(13(17)19)2-1-3-9(12)14(18)20/h1-6H,(H2,17,19)(H2,18,20). The van der Waals surface area contributed by atoms with Gasteiger partial charge >= 0.3 is 0 Å². The minimum absolute atomic E-state index is 0.129. The first-order valence-electron chi connectivity index (χ1n) is 5.60. The second kappa shape index (κ2) is 5.58. The lowest BCUT2D eigenvalue weighted by Crippen LogP contribution is -2.18. The number of carbonyl (C=O) groups excluding carboxylic acids is 2. The van der Waals surface area contributed by atoms with Crippen molar-refractivity contribution in [3.8, 4) is 11.1 Å². The zero-order valence-electron chi connectivity index (χ0n) is 10.2. The van der Waals surface area contributed by atoms with E-state index in [1.165, 1.54) is 30.3 Å². The molecule has 102 valence electrons. The van der Waals surface area contributed by atoms with Gasteiger partial charge in [-0.2, -0.15) is 0 Å². The van der Waals surface area contributed by atoms with Gasteiger partial charge in [-0.15, -0.1) is 0 Å². The summed E-state index contributed by atoms with van der Waals surface area (Å²) in [4.78, 5) is 23.1. The van der Waals surface area contributed by atoms with Crippen molar-refractivity contribution in [2.24, 2.45) is 11.5 Å². The molecule has 2 rings (SSSR count). The molecule has 20 heavy (non-hydrogen) atoms. The third-order valence-corrected chi connectivity index (χ3v) is 3.73. The summed E-state index contributed by atoms with van der Waals surface area (Å²) in [6, 6.07) is 8.55. The van der Waals surface area contributed by atoms with Crippen LogP contribution in [0, 0.1) is 9.39 Å². The van der Waals surface area contributed by atoms with Gasteiger partial charge in [0.1, 0.15) is 5.82 Å². The van der Waals surface area contributed by atoms with Gasteiger partial charge < -0.3 is 11.5 Å². The lowest BCUT2D eigenvalue weighted by molar-refractivity contribution is 0.0999. The summed E-state index contributed by atoms with van der Waals surface area (Å²) in [6.07, 6.45) is 0. The monoisotopic (exact) mass is 384 g/mol. The number of benzene rings is 2. The number of rotatable bonds is 3. The molecule has 4 N–H and O–H groups in total. The van der Waals surface area contributed by atoms with Crippen LogP contribution in [-0.4, -0.2) is 11.8 Å². The largest absolute Gasteiger partial charge is 0.366 e. The molecule has 4 nitrogen and oxygen atoms in total. The summed E-state index contributed by atoms with van der Waals surface area (Å²) >= 11 is 1.99. The quantitative estimate of drug-likeness (QED) is 0.796. The highest BCUT2D eigenvalue weighted by molar-refractivity contribution is 14.1. The Bertz CT molecular complexity index is 684. The minimum atomic E-state index is -0.705. The van der Waals surface area contributed by atoms with E-state index in [-0.39, 0.29) is 16.7 Å². The van der Waals surface area contributed by atoms with Crippen LogP contribution in [0.1, 0.15) is 20.7 Å². The first kappa shape index (κ1) is 14.4. The Kier molecular flexibility index (Phi) is 4.03. The van der Waals surface area contributed by atoms with Gasteiger partial charge in [0.05, 0.1) is 0 Å². The Morgan fingerprint density at radius 3 is 2.05 bits per heavy atom. The molecule has 0 bridgehead atoms. The Morgan fingerprint density at radius 1 is 1.00 bits per heavy atom. The zero-order valence-corrected chi connectivity index (χ0v) is 12.3. The van der Waals surface area contributed by atoms with E-state index in [4.69, 9.17) is 11.5 Å². The summed E-state index contributed by atoms with van der Waals surface area (Å²) in [6.45, 7) is 0. The van der Waals surface area contributed by atoms with Crippen molar-refractivity contribution >= 4 is 34.4 Å². The number of hydrogen-bond donors (Lipinski definition) is 2. The van der Waals surface area contributed by atoms with Gasteiger partial charge in [-0.1, -0.05) is 6.07 Å². The smallest absolute Gasteiger partial charge is 0.249 e. The Hall–Kier alpha value is -1.96. The molecule has 0 fully saturated rings. The van der Waals surface area contributed by atoms with Crippen molar-refractivity contribution in [2.45, 2.75) is 0 Å². The van der Waals surface area contributed by atoms with E-state index in [1.807, 2.05) is 22.6 Å². The third-order valence-electron chi connectivity index (χ3n) is 2.79. The second-order valence-electron chi connectivity index (χ2n) is 4.08. The maximum atomic E-state index is 13.5. The first-order valence-corrected chi connectivity index (χ1v) is 6.67. The molecule has 0 spiro atoms.